The first kappa shape index (κ1) is 21.3. The molecule has 0 fully saturated rings. The lowest BCUT2D eigenvalue weighted by molar-refractivity contribution is 0.0719. The van der Waals surface area contributed by atoms with E-state index in [4.69, 9.17) is 34.8 Å². The van der Waals surface area contributed by atoms with Crippen molar-refractivity contribution in [2.75, 3.05) is 0 Å². The van der Waals surface area contributed by atoms with Crippen LogP contribution in [0, 0.1) is 0 Å². The van der Waals surface area contributed by atoms with E-state index in [-0.39, 0.29) is 39.4 Å². The quantitative estimate of drug-likeness (QED) is 0.436. The molecule has 0 aliphatic carbocycles. The maximum absolute atomic E-state index is 13.3. The average molecular weight is 474 g/mol. The molecule has 0 radical (unpaired) electrons. The van der Waals surface area contributed by atoms with E-state index < -0.39 is 5.91 Å². The van der Waals surface area contributed by atoms with Crippen LogP contribution in [0.3, 0.4) is 0 Å². The highest BCUT2D eigenvalue weighted by Gasteiger charge is 2.24. The van der Waals surface area contributed by atoms with Crippen molar-refractivity contribution in [1.29, 1.82) is 0 Å². The summed E-state index contributed by atoms with van der Waals surface area (Å²) in [5.74, 6) is -0.132. The molecule has 4 rings (SSSR count). The van der Waals surface area contributed by atoms with Gasteiger partial charge in [0.1, 0.15) is 11.5 Å². The molecule has 0 aliphatic rings. The van der Waals surface area contributed by atoms with Crippen molar-refractivity contribution in [2.24, 2.45) is 0 Å². The van der Waals surface area contributed by atoms with Crippen molar-refractivity contribution in [2.45, 2.75) is 13.1 Å². The Morgan fingerprint density at radius 1 is 0.935 bits per heavy atom. The first-order valence-corrected chi connectivity index (χ1v) is 10.4. The van der Waals surface area contributed by atoms with E-state index in [2.05, 4.69) is 15.0 Å². The number of halogens is 3. The molecule has 6 nitrogen and oxygen atoms in total. The molecule has 1 amide bonds. The van der Waals surface area contributed by atoms with Crippen molar-refractivity contribution >= 4 is 51.6 Å². The fraction of sp³-hybridized carbons (Fsp3) is 0.0909. The van der Waals surface area contributed by atoms with Crippen LogP contribution in [0.5, 0.6) is 0 Å². The second-order valence-electron chi connectivity index (χ2n) is 6.76. The number of para-hydroxylation sites is 1. The molecule has 0 aliphatic heterocycles. The number of aromatic nitrogens is 3. The Morgan fingerprint density at radius 2 is 1.65 bits per heavy atom. The van der Waals surface area contributed by atoms with Gasteiger partial charge in [0, 0.05) is 12.7 Å². The predicted octanol–water partition coefficient (Wildman–Crippen LogP) is 5.12. The van der Waals surface area contributed by atoms with Crippen molar-refractivity contribution in [3.63, 3.8) is 0 Å². The number of hydrogen-bond donors (Lipinski definition) is 1. The van der Waals surface area contributed by atoms with Gasteiger partial charge in [0.25, 0.3) is 11.5 Å². The summed E-state index contributed by atoms with van der Waals surface area (Å²) in [5, 5.41) is 0.649. The molecule has 156 valence electrons. The standard InChI is InChI=1S/C22H15Cl3N4O2/c23-15-10-26-20(19(25)18(15)24)22(31)29(11-13-6-2-1-3-7-13)12-17-27-16-9-5-4-8-14(16)21(30)28-17/h1-10H,11-12H2,(H,27,28,30). The highest BCUT2D eigenvalue weighted by atomic mass is 35.5. The minimum Gasteiger partial charge on any atom is -0.325 e. The van der Waals surface area contributed by atoms with Gasteiger partial charge in [0.05, 0.1) is 32.5 Å². The maximum Gasteiger partial charge on any atom is 0.274 e. The molecule has 0 unspecified atom stereocenters. The molecule has 0 spiro atoms. The van der Waals surface area contributed by atoms with Gasteiger partial charge in [-0.15, -0.1) is 0 Å². The number of nitrogens with one attached hydrogen (secondary N) is 1. The minimum atomic E-state index is -0.469. The monoisotopic (exact) mass is 472 g/mol. The predicted molar refractivity (Wildman–Crippen MR) is 122 cm³/mol. The Labute approximate surface area is 192 Å². The van der Waals surface area contributed by atoms with Crippen LogP contribution in [0.2, 0.25) is 15.1 Å². The normalized spacial score (nSPS) is 10.9. The number of H-pyrrole nitrogens is 1. The second-order valence-corrected chi connectivity index (χ2v) is 7.92. The van der Waals surface area contributed by atoms with Gasteiger partial charge in [-0.05, 0) is 17.7 Å². The fourth-order valence-electron chi connectivity index (χ4n) is 3.14. The van der Waals surface area contributed by atoms with Crippen molar-refractivity contribution < 1.29 is 4.79 Å². The third-order valence-electron chi connectivity index (χ3n) is 4.63. The summed E-state index contributed by atoms with van der Waals surface area (Å²) in [5.41, 5.74) is 1.11. The number of pyridine rings is 1. The molecule has 0 atom stereocenters. The Balaban J connectivity index is 1.74. The van der Waals surface area contributed by atoms with E-state index in [0.717, 1.165) is 5.56 Å². The third kappa shape index (κ3) is 4.56. The number of carbonyl (C=O) groups excluding carboxylic acids is 1. The Morgan fingerprint density at radius 3 is 2.42 bits per heavy atom. The largest absolute Gasteiger partial charge is 0.325 e. The Bertz CT molecular complexity index is 1330. The number of hydrogen-bond acceptors (Lipinski definition) is 4. The van der Waals surface area contributed by atoms with Crippen LogP contribution < -0.4 is 5.56 Å². The number of aromatic amines is 1. The van der Waals surface area contributed by atoms with E-state index in [1.807, 2.05) is 30.3 Å². The summed E-state index contributed by atoms with van der Waals surface area (Å²) < 4.78 is 0. The Hall–Kier alpha value is -2.93. The van der Waals surface area contributed by atoms with E-state index >= 15 is 0 Å². The summed E-state index contributed by atoms with van der Waals surface area (Å²) in [6, 6.07) is 16.4. The lowest BCUT2D eigenvalue weighted by atomic mass is 10.2. The molecule has 2 aromatic carbocycles. The number of rotatable bonds is 5. The number of benzene rings is 2. The van der Waals surface area contributed by atoms with Gasteiger partial charge in [-0.1, -0.05) is 77.3 Å². The number of amides is 1. The zero-order chi connectivity index (χ0) is 22.0. The molecule has 9 heteroatoms. The summed E-state index contributed by atoms with van der Waals surface area (Å²) >= 11 is 18.3. The van der Waals surface area contributed by atoms with Gasteiger partial charge in [0.2, 0.25) is 0 Å². The number of nitrogens with zero attached hydrogens (tertiary/aromatic N) is 3. The van der Waals surface area contributed by atoms with E-state index in [1.54, 1.807) is 24.3 Å². The molecule has 2 heterocycles. The minimum absolute atomic E-state index is 0.0304. The summed E-state index contributed by atoms with van der Waals surface area (Å²) in [6.45, 7) is 0.278. The molecular formula is C22H15Cl3N4O2. The van der Waals surface area contributed by atoms with Gasteiger partial charge in [-0.2, -0.15) is 0 Å². The fourth-order valence-corrected chi connectivity index (χ4v) is 3.70. The summed E-state index contributed by atoms with van der Waals surface area (Å²) in [7, 11) is 0. The molecule has 0 saturated heterocycles. The zero-order valence-electron chi connectivity index (χ0n) is 16.0. The van der Waals surface area contributed by atoms with Crippen LogP contribution in [0.4, 0.5) is 0 Å². The highest BCUT2D eigenvalue weighted by Crippen LogP contribution is 2.32. The summed E-state index contributed by atoms with van der Waals surface area (Å²) in [4.78, 5) is 38.6. The van der Waals surface area contributed by atoms with Crippen LogP contribution in [0.15, 0.2) is 65.6 Å². The molecule has 2 aromatic heterocycles. The number of fused-ring (bicyclic) bond motifs is 1. The highest BCUT2D eigenvalue weighted by molar-refractivity contribution is 6.48. The zero-order valence-corrected chi connectivity index (χ0v) is 18.2. The van der Waals surface area contributed by atoms with Crippen molar-refractivity contribution in [3.05, 3.63) is 103 Å². The van der Waals surface area contributed by atoms with Gasteiger partial charge in [0.15, 0.2) is 0 Å². The van der Waals surface area contributed by atoms with Crippen molar-refractivity contribution in [1.82, 2.24) is 19.9 Å². The van der Waals surface area contributed by atoms with Gasteiger partial charge in [-0.25, -0.2) is 9.97 Å². The van der Waals surface area contributed by atoms with Crippen LogP contribution in [-0.2, 0) is 13.1 Å². The van der Waals surface area contributed by atoms with Gasteiger partial charge >= 0.3 is 0 Å². The summed E-state index contributed by atoms with van der Waals surface area (Å²) in [6.07, 6.45) is 1.28. The van der Waals surface area contributed by atoms with E-state index in [0.29, 0.717) is 16.7 Å². The lowest BCUT2D eigenvalue weighted by Gasteiger charge is -2.23. The SMILES string of the molecule is O=C(c1ncc(Cl)c(Cl)c1Cl)N(Cc1ccccc1)Cc1nc2ccccc2c(=O)[nH]1. The first-order valence-electron chi connectivity index (χ1n) is 9.24. The topological polar surface area (TPSA) is 79.0 Å². The van der Waals surface area contributed by atoms with Crippen LogP contribution in [0.1, 0.15) is 21.9 Å². The molecular weight excluding hydrogens is 459 g/mol. The smallest absolute Gasteiger partial charge is 0.274 e. The molecule has 4 aromatic rings. The molecule has 1 N–H and O–H groups in total. The first-order chi connectivity index (χ1) is 14.9. The molecule has 0 bridgehead atoms. The average Bonchev–Trinajstić information content (AvgIpc) is 2.77. The number of carbonyl (C=O) groups is 1. The van der Waals surface area contributed by atoms with Gasteiger partial charge in [-0.3, -0.25) is 9.59 Å². The second kappa shape index (κ2) is 9.06. The molecule has 0 saturated carbocycles. The van der Waals surface area contributed by atoms with E-state index in [9.17, 15) is 9.59 Å². The molecule has 31 heavy (non-hydrogen) atoms. The third-order valence-corrected chi connectivity index (χ3v) is 5.87. The van der Waals surface area contributed by atoms with Gasteiger partial charge < -0.3 is 9.88 Å². The van der Waals surface area contributed by atoms with E-state index in [1.165, 1.54) is 11.1 Å². The lowest BCUT2D eigenvalue weighted by Crippen LogP contribution is -2.32. The van der Waals surface area contributed by atoms with Crippen LogP contribution in [-0.4, -0.2) is 25.8 Å². The van der Waals surface area contributed by atoms with Crippen LogP contribution in [0.25, 0.3) is 10.9 Å². The van der Waals surface area contributed by atoms with Crippen LogP contribution >= 0.6 is 34.8 Å². The van der Waals surface area contributed by atoms with Crippen molar-refractivity contribution in [3.8, 4) is 0 Å². The maximum atomic E-state index is 13.3. The Kier molecular flexibility index (Phi) is 6.23.